The fourth-order valence-corrected chi connectivity index (χ4v) is 3.98. The van der Waals surface area contributed by atoms with Gasteiger partial charge in [0.25, 0.3) is 0 Å². The van der Waals surface area contributed by atoms with Crippen molar-refractivity contribution in [2.45, 2.75) is 26.0 Å². The minimum atomic E-state index is 0. The third-order valence-electron chi connectivity index (χ3n) is 3.90. The van der Waals surface area contributed by atoms with Crippen molar-refractivity contribution in [3.8, 4) is 0 Å². The number of halogens is 1. The Kier molecular flexibility index (Phi) is 6.28. The van der Waals surface area contributed by atoms with Crippen LogP contribution in [0, 0.1) is 17.8 Å². The van der Waals surface area contributed by atoms with E-state index in [-0.39, 0.29) is 17.7 Å². The summed E-state index contributed by atoms with van der Waals surface area (Å²) in [5.41, 5.74) is 0. The van der Waals surface area contributed by atoms with Gasteiger partial charge in [-0.3, -0.25) is 4.79 Å². The van der Waals surface area contributed by atoms with Crippen LogP contribution < -0.4 is 5.32 Å². The van der Waals surface area contributed by atoms with Gasteiger partial charge < -0.3 is 10.2 Å². The fraction of sp³-hybridized carbons (Fsp3) is 0.923. The van der Waals surface area contributed by atoms with Crippen LogP contribution in [0.25, 0.3) is 0 Å². The van der Waals surface area contributed by atoms with E-state index in [2.05, 4.69) is 31.0 Å². The topological polar surface area (TPSA) is 32.3 Å². The molecule has 2 aliphatic heterocycles. The zero-order valence-electron chi connectivity index (χ0n) is 11.5. The zero-order valence-corrected chi connectivity index (χ0v) is 13.1. The van der Waals surface area contributed by atoms with Crippen LogP contribution >= 0.6 is 24.2 Å². The van der Waals surface area contributed by atoms with Crippen LogP contribution in [0.1, 0.15) is 20.8 Å². The van der Waals surface area contributed by atoms with E-state index in [0.29, 0.717) is 23.7 Å². The molecule has 0 aromatic heterocycles. The molecule has 2 heterocycles. The highest BCUT2D eigenvalue weighted by atomic mass is 35.5. The number of fused-ring (bicyclic) bond motifs is 1. The lowest BCUT2D eigenvalue weighted by Crippen LogP contribution is -2.40. The van der Waals surface area contributed by atoms with Crippen LogP contribution in [0.15, 0.2) is 0 Å². The highest BCUT2D eigenvalue weighted by Crippen LogP contribution is 2.29. The van der Waals surface area contributed by atoms with E-state index in [1.807, 2.05) is 0 Å². The molecule has 0 spiro atoms. The van der Waals surface area contributed by atoms with E-state index in [1.165, 1.54) is 0 Å². The Morgan fingerprint density at radius 2 is 1.89 bits per heavy atom. The second-order valence-corrected chi connectivity index (χ2v) is 6.96. The quantitative estimate of drug-likeness (QED) is 0.858. The second kappa shape index (κ2) is 7.01. The Balaban J connectivity index is 0.00000162. The Labute approximate surface area is 121 Å². The standard InChI is InChI=1S/C13H24N2OS.ClH/c1-4-17-12(9(2)3)13(16)15-7-10-5-14-6-11(10)8-15;/h9-12,14H,4-8H2,1-3H3;1H/t10-,11+,12?;. The number of carbonyl (C=O) groups is 1. The first-order valence-electron chi connectivity index (χ1n) is 6.74. The van der Waals surface area contributed by atoms with Crippen LogP contribution in [0.2, 0.25) is 0 Å². The third kappa shape index (κ3) is 3.34. The summed E-state index contributed by atoms with van der Waals surface area (Å²) in [6.45, 7) is 10.6. The zero-order chi connectivity index (χ0) is 12.4. The van der Waals surface area contributed by atoms with Crippen LogP contribution in [0.5, 0.6) is 0 Å². The first-order chi connectivity index (χ1) is 8.13. The van der Waals surface area contributed by atoms with Gasteiger partial charge in [-0.05, 0) is 23.5 Å². The maximum absolute atomic E-state index is 12.5. The van der Waals surface area contributed by atoms with E-state index in [0.717, 1.165) is 31.9 Å². The predicted molar refractivity (Wildman–Crippen MR) is 80.4 cm³/mol. The summed E-state index contributed by atoms with van der Waals surface area (Å²) in [6.07, 6.45) is 0. The second-order valence-electron chi connectivity index (χ2n) is 5.54. The van der Waals surface area contributed by atoms with E-state index in [9.17, 15) is 4.79 Å². The molecule has 2 saturated heterocycles. The molecule has 1 unspecified atom stereocenters. The molecule has 1 N–H and O–H groups in total. The molecule has 0 aliphatic carbocycles. The number of rotatable bonds is 4. The molecule has 0 radical (unpaired) electrons. The molecule has 106 valence electrons. The Morgan fingerprint density at radius 1 is 1.33 bits per heavy atom. The molecule has 0 saturated carbocycles. The smallest absolute Gasteiger partial charge is 0.235 e. The average molecular weight is 293 g/mol. The normalized spacial score (nSPS) is 28.1. The lowest BCUT2D eigenvalue weighted by molar-refractivity contribution is -0.130. The molecule has 0 aromatic carbocycles. The molecule has 2 aliphatic rings. The van der Waals surface area contributed by atoms with Crippen molar-refractivity contribution in [2.24, 2.45) is 17.8 Å². The van der Waals surface area contributed by atoms with Crippen molar-refractivity contribution >= 4 is 30.1 Å². The maximum atomic E-state index is 12.5. The van der Waals surface area contributed by atoms with Crippen LogP contribution in [-0.2, 0) is 4.79 Å². The summed E-state index contributed by atoms with van der Waals surface area (Å²) < 4.78 is 0. The Morgan fingerprint density at radius 3 is 2.33 bits per heavy atom. The molecule has 5 heteroatoms. The van der Waals surface area contributed by atoms with Gasteiger partial charge in [0.05, 0.1) is 5.25 Å². The number of thioether (sulfide) groups is 1. The van der Waals surface area contributed by atoms with Gasteiger partial charge in [-0.25, -0.2) is 0 Å². The maximum Gasteiger partial charge on any atom is 0.235 e. The number of likely N-dealkylation sites (tertiary alicyclic amines) is 1. The van der Waals surface area contributed by atoms with Crippen molar-refractivity contribution in [3.63, 3.8) is 0 Å². The highest BCUT2D eigenvalue weighted by molar-refractivity contribution is 8.00. The Bertz CT molecular complexity index is 276. The number of carbonyl (C=O) groups excluding carboxylic acids is 1. The number of amides is 1. The molecule has 2 rings (SSSR count). The first kappa shape index (κ1) is 16.1. The summed E-state index contributed by atoms with van der Waals surface area (Å²) in [5, 5.41) is 3.58. The number of hydrogen-bond donors (Lipinski definition) is 1. The van der Waals surface area contributed by atoms with Crippen molar-refractivity contribution in [1.82, 2.24) is 10.2 Å². The van der Waals surface area contributed by atoms with Gasteiger partial charge in [-0.15, -0.1) is 24.2 Å². The molecule has 1 amide bonds. The van der Waals surface area contributed by atoms with Gasteiger partial charge in [0.1, 0.15) is 0 Å². The van der Waals surface area contributed by atoms with Crippen LogP contribution in [0.3, 0.4) is 0 Å². The van der Waals surface area contributed by atoms with E-state index in [1.54, 1.807) is 11.8 Å². The first-order valence-corrected chi connectivity index (χ1v) is 7.79. The molecule has 18 heavy (non-hydrogen) atoms. The van der Waals surface area contributed by atoms with Gasteiger partial charge in [-0.2, -0.15) is 0 Å². The lowest BCUT2D eigenvalue weighted by Gasteiger charge is -2.26. The van der Waals surface area contributed by atoms with Crippen molar-refractivity contribution in [1.29, 1.82) is 0 Å². The van der Waals surface area contributed by atoms with E-state index >= 15 is 0 Å². The van der Waals surface area contributed by atoms with Gasteiger partial charge in [0.2, 0.25) is 5.91 Å². The molecule has 3 nitrogen and oxygen atoms in total. The van der Waals surface area contributed by atoms with E-state index < -0.39 is 0 Å². The fourth-order valence-electron chi connectivity index (χ4n) is 2.94. The molecule has 0 bridgehead atoms. The third-order valence-corrected chi connectivity index (χ3v) is 5.33. The van der Waals surface area contributed by atoms with Gasteiger partial charge in [-0.1, -0.05) is 20.8 Å². The summed E-state index contributed by atoms with van der Waals surface area (Å²) in [7, 11) is 0. The van der Waals surface area contributed by atoms with Gasteiger partial charge >= 0.3 is 0 Å². The van der Waals surface area contributed by atoms with Crippen LogP contribution in [-0.4, -0.2) is 48.0 Å². The Hall–Kier alpha value is 0.0700. The molecule has 0 aromatic rings. The van der Waals surface area contributed by atoms with Gasteiger partial charge in [0, 0.05) is 26.2 Å². The highest BCUT2D eigenvalue weighted by Gasteiger charge is 2.40. The van der Waals surface area contributed by atoms with Crippen molar-refractivity contribution in [3.05, 3.63) is 0 Å². The molecule has 3 atom stereocenters. The largest absolute Gasteiger partial charge is 0.341 e. The van der Waals surface area contributed by atoms with E-state index in [4.69, 9.17) is 0 Å². The molecular weight excluding hydrogens is 268 g/mol. The molecule has 2 fully saturated rings. The summed E-state index contributed by atoms with van der Waals surface area (Å²) >= 11 is 1.80. The summed E-state index contributed by atoms with van der Waals surface area (Å²) in [6, 6.07) is 0. The number of nitrogens with one attached hydrogen (secondary N) is 1. The number of nitrogens with zero attached hydrogens (tertiary/aromatic N) is 1. The van der Waals surface area contributed by atoms with Crippen LogP contribution in [0.4, 0.5) is 0 Å². The lowest BCUT2D eigenvalue weighted by atomic mass is 10.0. The van der Waals surface area contributed by atoms with Crippen molar-refractivity contribution in [2.75, 3.05) is 31.9 Å². The SMILES string of the molecule is CCSC(C(=O)N1C[C@H]2CNC[C@H]2C1)C(C)C.Cl. The van der Waals surface area contributed by atoms with Crippen molar-refractivity contribution < 1.29 is 4.79 Å². The summed E-state index contributed by atoms with van der Waals surface area (Å²) in [5.74, 6) is 3.25. The predicted octanol–water partition coefficient (Wildman–Crippen LogP) is 1.86. The minimum Gasteiger partial charge on any atom is -0.341 e. The summed E-state index contributed by atoms with van der Waals surface area (Å²) in [4.78, 5) is 14.6. The number of hydrogen-bond acceptors (Lipinski definition) is 3. The molecular formula is C13H25ClN2OS. The minimum absolute atomic E-state index is 0. The average Bonchev–Trinajstić information content (AvgIpc) is 2.84. The monoisotopic (exact) mass is 292 g/mol. The van der Waals surface area contributed by atoms with Gasteiger partial charge in [0.15, 0.2) is 0 Å².